The van der Waals surface area contributed by atoms with Gasteiger partial charge in [-0.3, -0.25) is 4.79 Å². The average molecular weight is 196 g/mol. The minimum Gasteiger partial charge on any atom is -0.265 e. The summed E-state index contributed by atoms with van der Waals surface area (Å²) in [5, 5.41) is 12.3. The van der Waals surface area contributed by atoms with Gasteiger partial charge < -0.3 is 0 Å². The average Bonchev–Trinajstić information content (AvgIpc) is 2.74. The number of rotatable bonds is 2. The van der Waals surface area contributed by atoms with Crippen LogP contribution in [0.2, 0.25) is 0 Å². The molecule has 2 heterocycles. The van der Waals surface area contributed by atoms with Gasteiger partial charge in [0.2, 0.25) is 0 Å². The Morgan fingerprint density at radius 1 is 1.62 bits per heavy atom. The number of thiazole rings is 1. The summed E-state index contributed by atoms with van der Waals surface area (Å²) in [5.74, 6) is -0.331. The lowest BCUT2D eigenvalue weighted by atomic mass is 10.7. The zero-order valence-electron chi connectivity index (χ0n) is 6.28. The smallest absolute Gasteiger partial charge is 0.265 e. The first-order valence-electron chi connectivity index (χ1n) is 3.30. The largest absolute Gasteiger partial charge is 0.300 e. The molecule has 0 aliphatic carbocycles. The second kappa shape index (κ2) is 3.27. The topological polar surface area (TPSA) is 85.6 Å². The molecule has 0 saturated heterocycles. The highest BCUT2D eigenvalue weighted by Crippen LogP contribution is 2.03. The highest BCUT2D eigenvalue weighted by Gasteiger charge is 2.08. The third-order valence-corrected chi connectivity index (χ3v) is 1.96. The highest BCUT2D eigenvalue weighted by molar-refractivity contribution is 7.11. The number of tetrazole rings is 1. The van der Waals surface area contributed by atoms with Crippen molar-refractivity contribution in [2.75, 3.05) is 5.43 Å². The zero-order valence-corrected chi connectivity index (χ0v) is 7.10. The molecule has 2 aromatic heterocycles. The van der Waals surface area contributed by atoms with E-state index in [1.165, 1.54) is 17.7 Å². The summed E-state index contributed by atoms with van der Waals surface area (Å²) >= 11 is 1.25. The number of amides is 1. The molecule has 0 fully saturated rings. The maximum Gasteiger partial charge on any atom is 0.300 e. The minimum atomic E-state index is -0.331. The normalized spacial score (nSPS) is 9.85. The van der Waals surface area contributed by atoms with Crippen LogP contribution in [0.15, 0.2) is 17.9 Å². The summed E-state index contributed by atoms with van der Waals surface area (Å²) in [6.07, 6.45) is 2.84. The molecule has 2 rings (SSSR count). The Morgan fingerprint density at radius 3 is 3.15 bits per heavy atom. The summed E-state index contributed by atoms with van der Waals surface area (Å²) in [4.78, 5) is 16.2. The van der Waals surface area contributed by atoms with E-state index in [9.17, 15) is 4.79 Å². The number of carbonyl (C=O) groups excluding carboxylic acids is 1. The second-order valence-electron chi connectivity index (χ2n) is 2.03. The predicted octanol–water partition coefficient (Wildman–Crippen LogP) is -0.487. The third-order valence-electron chi connectivity index (χ3n) is 1.19. The van der Waals surface area contributed by atoms with E-state index < -0.39 is 0 Å². The molecule has 0 radical (unpaired) electrons. The number of nitrogens with one attached hydrogen (secondary N) is 1. The van der Waals surface area contributed by atoms with Gasteiger partial charge in [-0.05, 0) is 10.4 Å². The van der Waals surface area contributed by atoms with Crippen LogP contribution < -0.4 is 5.43 Å². The van der Waals surface area contributed by atoms with Gasteiger partial charge in [0.05, 0.1) is 0 Å². The maximum absolute atomic E-state index is 11.3. The molecule has 8 heteroatoms. The molecule has 0 aromatic carbocycles. The van der Waals surface area contributed by atoms with Gasteiger partial charge in [0.25, 0.3) is 5.91 Å². The van der Waals surface area contributed by atoms with Gasteiger partial charge in [0.1, 0.15) is 0 Å². The lowest BCUT2D eigenvalue weighted by Gasteiger charge is -1.97. The molecule has 13 heavy (non-hydrogen) atoms. The van der Waals surface area contributed by atoms with Crippen molar-refractivity contribution in [3.8, 4) is 0 Å². The van der Waals surface area contributed by atoms with Crippen molar-refractivity contribution >= 4 is 17.2 Å². The lowest BCUT2D eigenvalue weighted by molar-refractivity contribution is 0.100. The third kappa shape index (κ3) is 1.67. The molecule has 1 N–H and O–H groups in total. The first kappa shape index (κ1) is 7.80. The first-order chi connectivity index (χ1) is 6.36. The number of carbonyl (C=O) groups is 1. The fourth-order valence-electron chi connectivity index (χ4n) is 0.700. The molecule has 66 valence electrons. The number of hydrogen-bond acceptors (Lipinski definition) is 6. The van der Waals surface area contributed by atoms with Crippen molar-refractivity contribution < 1.29 is 4.79 Å². The summed E-state index contributed by atoms with van der Waals surface area (Å²) in [5.41, 5.74) is 2.41. The molecule has 0 saturated carbocycles. The van der Waals surface area contributed by atoms with Crippen LogP contribution in [0.5, 0.6) is 0 Å². The standard InChI is InChI=1S/C5H4N6OS/c12-4(5-6-1-2-13-5)8-11-3-7-9-10-11/h1-3H,(H,8,12). The Morgan fingerprint density at radius 2 is 2.54 bits per heavy atom. The number of aromatic nitrogens is 5. The van der Waals surface area contributed by atoms with Crippen LogP contribution in [0.25, 0.3) is 0 Å². The van der Waals surface area contributed by atoms with Crippen molar-refractivity contribution in [2.45, 2.75) is 0 Å². The van der Waals surface area contributed by atoms with E-state index in [0.717, 1.165) is 4.79 Å². The van der Waals surface area contributed by atoms with Gasteiger partial charge >= 0.3 is 0 Å². The van der Waals surface area contributed by atoms with E-state index in [4.69, 9.17) is 0 Å². The van der Waals surface area contributed by atoms with E-state index in [2.05, 4.69) is 25.9 Å². The van der Waals surface area contributed by atoms with E-state index in [0.29, 0.717) is 5.01 Å². The molecule has 2 aromatic rings. The van der Waals surface area contributed by atoms with Crippen LogP contribution in [0.4, 0.5) is 0 Å². The Labute approximate surface area is 76.4 Å². The molecular weight excluding hydrogens is 192 g/mol. The van der Waals surface area contributed by atoms with Crippen LogP contribution in [0, 0.1) is 0 Å². The molecular formula is C5H4N6OS. The monoisotopic (exact) mass is 196 g/mol. The SMILES string of the molecule is O=C(Nn1cnnn1)c1nccs1. The van der Waals surface area contributed by atoms with E-state index >= 15 is 0 Å². The van der Waals surface area contributed by atoms with Crippen molar-refractivity contribution in [1.82, 2.24) is 25.3 Å². The van der Waals surface area contributed by atoms with Gasteiger partial charge in [-0.15, -0.1) is 21.2 Å². The molecule has 1 amide bonds. The van der Waals surface area contributed by atoms with Gasteiger partial charge in [-0.25, -0.2) is 10.4 Å². The van der Waals surface area contributed by atoms with Crippen molar-refractivity contribution in [1.29, 1.82) is 0 Å². The first-order valence-corrected chi connectivity index (χ1v) is 4.18. The van der Waals surface area contributed by atoms with Crippen LogP contribution in [-0.2, 0) is 0 Å². The second-order valence-corrected chi connectivity index (χ2v) is 2.93. The number of hydrogen-bond donors (Lipinski definition) is 1. The molecule has 0 bridgehead atoms. The van der Waals surface area contributed by atoms with E-state index in [1.54, 1.807) is 11.6 Å². The van der Waals surface area contributed by atoms with E-state index in [-0.39, 0.29) is 5.91 Å². The zero-order chi connectivity index (χ0) is 9.10. The summed E-state index contributed by atoms with van der Waals surface area (Å²) < 4.78 is 0. The maximum atomic E-state index is 11.3. The van der Waals surface area contributed by atoms with E-state index in [1.807, 2.05) is 0 Å². The number of nitrogens with zero attached hydrogens (tertiary/aromatic N) is 5. The molecule has 0 unspecified atom stereocenters. The minimum absolute atomic E-state index is 0.331. The lowest BCUT2D eigenvalue weighted by Crippen LogP contribution is -2.23. The summed E-state index contributed by atoms with van der Waals surface area (Å²) in [7, 11) is 0. The Kier molecular flexibility index (Phi) is 1.96. The highest BCUT2D eigenvalue weighted by atomic mass is 32.1. The fourth-order valence-corrected chi connectivity index (χ4v) is 1.22. The Balaban J connectivity index is 2.08. The Bertz CT molecular complexity index is 381. The molecule has 0 aliphatic heterocycles. The fraction of sp³-hybridized carbons (Fsp3) is 0. The van der Waals surface area contributed by atoms with Crippen molar-refractivity contribution in [3.05, 3.63) is 22.9 Å². The van der Waals surface area contributed by atoms with Gasteiger partial charge in [-0.1, -0.05) is 0 Å². The van der Waals surface area contributed by atoms with Crippen LogP contribution in [0.1, 0.15) is 9.80 Å². The summed E-state index contributed by atoms with van der Waals surface area (Å²) in [6, 6.07) is 0. The van der Waals surface area contributed by atoms with Crippen LogP contribution in [-0.4, -0.2) is 31.2 Å². The predicted molar refractivity (Wildman–Crippen MR) is 43.6 cm³/mol. The van der Waals surface area contributed by atoms with Gasteiger partial charge in [0, 0.05) is 11.6 Å². The quantitative estimate of drug-likeness (QED) is 0.700. The van der Waals surface area contributed by atoms with Crippen LogP contribution >= 0.6 is 11.3 Å². The van der Waals surface area contributed by atoms with Gasteiger partial charge in [-0.2, -0.15) is 0 Å². The summed E-state index contributed by atoms with van der Waals surface area (Å²) in [6.45, 7) is 0. The molecule has 0 atom stereocenters. The van der Waals surface area contributed by atoms with Crippen LogP contribution in [0.3, 0.4) is 0 Å². The van der Waals surface area contributed by atoms with Crippen molar-refractivity contribution in [2.24, 2.45) is 0 Å². The molecule has 7 nitrogen and oxygen atoms in total. The molecule has 0 spiro atoms. The molecule has 0 aliphatic rings. The van der Waals surface area contributed by atoms with Gasteiger partial charge in [0.15, 0.2) is 11.3 Å². The Hall–Kier alpha value is -1.83. The van der Waals surface area contributed by atoms with Crippen molar-refractivity contribution in [3.63, 3.8) is 0 Å².